The maximum absolute atomic E-state index is 12.3. The minimum absolute atomic E-state index is 0.0202. The molecule has 0 radical (unpaired) electrons. The first-order chi connectivity index (χ1) is 9.95. The Labute approximate surface area is 137 Å². The van der Waals surface area contributed by atoms with Gasteiger partial charge in [0.2, 0.25) is 10.0 Å². The summed E-state index contributed by atoms with van der Waals surface area (Å²) < 4.78 is 27.0. The zero-order valence-electron chi connectivity index (χ0n) is 10.8. The molecule has 0 unspecified atom stereocenters. The van der Waals surface area contributed by atoms with Crippen LogP contribution in [0.3, 0.4) is 0 Å². The summed E-state index contributed by atoms with van der Waals surface area (Å²) in [5.41, 5.74) is 5.95. The van der Waals surface area contributed by atoms with E-state index >= 15 is 0 Å². The topological polar surface area (TPSA) is 85.1 Å². The third-order valence-corrected chi connectivity index (χ3v) is 6.00. The molecule has 2 aromatic rings. The van der Waals surface area contributed by atoms with Gasteiger partial charge in [0.1, 0.15) is 4.90 Å². The number of aromatic nitrogens is 1. The number of nitrogens with zero attached hydrogens (tertiary/aromatic N) is 1. The lowest BCUT2D eigenvalue weighted by Gasteiger charge is -2.11. The normalized spacial score (nSPS) is 11.8. The van der Waals surface area contributed by atoms with E-state index in [-0.39, 0.29) is 23.0 Å². The minimum atomic E-state index is -3.71. The van der Waals surface area contributed by atoms with Crippen molar-refractivity contribution in [1.29, 1.82) is 0 Å². The first-order valence-corrected chi connectivity index (χ1v) is 9.12. The molecule has 114 valence electrons. The van der Waals surface area contributed by atoms with Crippen LogP contribution >= 0.6 is 34.5 Å². The number of hydrogen-bond donors (Lipinski definition) is 2. The Morgan fingerprint density at radius 2 is 2.10 bits per heavy atom. The summed E-state index contributed by atoms with van der Waals surface area (Å²) in [7, 11) is -3.71. The van der Waals surface area contributed by atoms with Gasteiger partial charge in [0, 0.05) is 41.7 Å². The molecule has 1 aromatic carbocycles. The van der Waals surface area contributed by atoms with Crippen LogP contribution < -0.4 is 10.5 Å². The monoisotopic (exact) mass is 365 g/mol. The van der Waals surface area contributed by atoms with Crippen LogP contribution in [0.4, 0.5) is 0 Å². The van der Waals surface area contributed by atoms with Crippen molar-refractivity contribution in [1.82, 2.24) is 9.71 Å². The van der Waals surface area contributed by atoms with Crippen LogP contribution in [0.2, 0.25) is 10.0 Å². The minimum Gasteiger partial charge on any atom is -0.326 e. The van der Waals surface area contributed by atoms with Crippen molar-refractivity contribution in [3.8, 4) is 0 Å². The summed E-state index contributed by atoms with van der Waals surface area (Å²) in [5.74, 6) is 0. The van der Waals surface area contributed by atoms with Gasteiger partial charge in [-0.05, 0) is 12.1 Å². The maximum Gasteiger partial charge on any atom is 0.242 e. The van der Waals surface area contributed by atoms with Crippen LogP contribution in [0.15, 0.2) is 28.6 Å². The predicted octanol–water partition coefficient (Wildman–Crippen LogP) is 2.43. The number of nitrogens with two attached hydrogens (primary N) is 1. The zero-order chi connectivity index (χ0) is 15.5. The van der Waals surface area contributed by atoms with Crippen molar-refractivity contribution in [3.05, 3.63) is 44.3 Å². The maximum atomic E-state index is 12.3. The number of benzene rings is 1. The Balaban J connectivity index is 2.16. The predicted molar refractivity (Wildman–Crippen MR) is 85.4 cm³/mol. The molecule has 0 saturated heterocycles. The average molecular weight is 366 g/mol. The standard InChI is InChI=1S/C12H13Cl2N3O2S2/c13-9-1-2-10(12(14)8(9)7-15)21(18,19)17-4-3-11-16-5-6-20-11/h1-2,5-6,17H,3-4,7,15H2. The van der Waals surface area contributed by atoms with E-state index < -0.39 is 10.0 Å². The number of halogens is 2. The third kappa shape index (κ3) is 3.94. The highest BCUT2D eigenvalue weighted by molar-refractivity contribution is 7.89. The molecule has 1 heterocycles. The van der Waals surface area contributed by atoms with Gasteiger partial charge >= 0.3 is 0 Å². The van der Waals surface area contributed by atoms with Gasteiger partial charge < -0.3 is 5.73 Å². The van der Waals surface area contributed by atoms with Gasteiger partial charge in [0.15, 0.2) is 0 Å². The molecule has 0 aliphatic carbocycles. The molecule has 21 heavy (non-hydrogen) atoms. The second-order valence-electron chi connectivity index (χ2n) is 4.12. The molecule has 5 nitrogen and oxygen atoms in total. The van der Waals surface area contributed by atoms with E-state index in [1.807, 2.05) is 5.38 Å². The van der Waals surface area contributed by atoms with Crippen molar-refractivity contribution in [2.45, 2.75) is 17.9 Å². The molecule has 0 spiro atoms. The summed E-state index contributed by atoms with van der Waals surface area (Å²) in [6, 6.07) is 2.85. The second kappa shape index (κ2) is 7.04. The lowest BCUT2D eigenvalue weighted by Crippen LogP contribution is -2.26. The molecule has 0 fully saturated rings. The molecule has 2 rings (SSSR count). The number of thiazole rings is 1. The smallest absolute Gasteiger partial charge is 0.242 e. The van der Waals surface area contributed by atoms with Gasteiger partial charge in [-0.3, -0.25) is 0 Å². The fourth-order valence-electron chi connectivity index (χ4n) is 1.72. The van der Waals surface area contributed by atoms with Crippen LogP contribution in [0.5, 0.6) is 0 Å². The summed E-state index contributed by atoms with van der Waals surface area (Å²) >= 11 is 13.5. The van der Waals surface area contributed by atoms with E-state index in [4.69, 9.17) is 28.9 Å². The van der Waals surface area contributed by atoms with Crippen LogP contribution in [-0.2, 0) is 23.0 Å². The molecule has 0 aliphatic rings. The molecular formula is C12H13Cl2N3O2S2. The van der Waals surface area contributed by atoms with Gasteiger partial charge in [-0.15, -0.1) is 11.3 Å². The molecule has 1 aromatic heterocycles. The molecule has 0 amide bonds. The van der Waals surface area contributed by atoms with Crippen LogP contribution in [-0.4, -0.2) is 19.9 Å². The largest absolute Gasteiger partial charge is 0.326 e. The number of hydrogen-bond acceptors (Lipinski definition) is 5. The molecule has 0 atom stereocenters. The van der Waals surface area contributed by atoms with Crippen molar-refractivity contribution >= 4 is 44.6 Å². The molecular weight excluding hydrogens is 353 g/mol. The van der Waals surface area contributed by atoms with E-state index in [1.165, 1.54) is 23.5 Å². The summed E-state index contributed by atoms with van der Waals surface area (Å²) in [6.07, 6.45) is 2.20. The summed E-state index contributed by atoms with van der Waals surface area (Å²) in [5, 5.41) is 3.12. The molecule has 0 saturated carbocycles. The van der Waals surface area contributed by atoms with E-state index in [1.54, 1.807) is 6.20 Å². The van der Waals surface area contributed by atoms with Gasteiger partial charge in [-0.1, -0.05) is 23.2 Å². The Hall–Kier alpha value is -0.700. The first-order valence-electron chi connectivity index (χ1n) is 6.00. The van der Waals surface area contributed by atoms with Gasteiger partial charge in [0.05, 0.1) is 10.0 Å². The van der Waals surface area contributed by atoms with Crippen molar-refractivity contribution < 1.29 is 8.42 Å². The zero-order valence-corrected chi connectivity index (χ0v) is 14.0. The van der Waals surface area contributed by atoms with Crippen LogP contribution in [0.25, 0.3) is 0 Å². The number of nitrogens with one attached hydrogen (secondary N) is 1. The molecule has 3 N–H and O–H groups in total. The lowest BCUT2D eigenvalue weighted by molar-refractivity contribution is 0.581. The quantitative estimate of drug-likeness (QED) is 0.822. The molecule has 9 heteroatoms. The first kappa shape index (κ1) is 16.7. The highest BCUT2D eigenvalue weighted by Crippen LogP contribution is 2.30. The number of sulfonamides is 1. The van der Waals surface area contributed by atoms with Crippen molar-refractivity contribution in [2.24, 2.45) is 5.73 Å². The van der Waals surface area contributed by atoms with E-state index in [2.05, 4.69) is 9.71 Å². The van der Waals surface area contributed by atoms with E-state index in [0.717, 1.165) is 5.01 Å². The average Bonchev–Trinajstić information content (AvgIpc) is 2.92. The number of rotatable bonds is 6. The lowest BCUT2D eigenvalue weighted by atomic mass is 10.2. The fraction of sp³-hybridized carbons (Fsp3) is 0.250. The summed E-state index contributed by atoms with van der Waals surface area (Å²) in [6.45, 7) is 0.312. The van der Waals surface area contributed by atoms with E-state index in [9.17, 15) is 8.42 Å². The third-order valence-electron chi connectivity index (χ3n) is 2.76. The molecule has 0 aliphatic heterocycles. The second-order valence-corrected chi connectivity index (χ2v) is 7.62. The highest BCUT2D eigenvalue weighted by Gasteiger charge is 2.20. The van der Waals surface area contributed by atoms with Crippen LogP contribution in [0, 0.1) is 0 Å². The SMILES string of the molecule is NCc1c(Cl)ccc(S(=O)(=O)NCCc2nccs2)c1Cl. The van der Waals surface area contributed by atoms with E-state index in [0.29, 0.717) is 17.0 Å². The van der Waals surface area contributed by atoms with Crippen molar-refractivity contribution in [2.75, 3.05) is 6.54 Å². The van der Waals surface area contributed by atoms with Gasteiger partial charge in [-0.25, -0.2) is 18.1 Å². The highest BCUT2D eigenvalue weighted by atomic mass is 35.5. The van der Waals surface area contributed by atoms with Gasteiger partial charge in [0.25, 0.3) is 0 Å². The summed E-state index contributed by atoms with van der Waals surface area (Å²) in [4.78, 5) is 4.07. The fourth-order valence-corrected chi connectivity index (χ4v) is 4.30. The Morgan fingerprint density at radius 3 is 2.71 bits per heavy atom. The molecule has 0 bridgehead atoms. The van der Waals surface area contributed by atoms with Crippen molar-refractivity contribution in [3.63, 3.8) is 0 Å². The van der Waals surface area contributed by atoms with Crippen LogP contribution in [0.1, 0.15) is 10.6 Å². The Morgan fingerprint density at radius 1 is 1.33 bits per heavy atom. The van der Waals surface area contributed by atoms with Gasteiger partial charge in [-0.2, -0.15) is 0 Å². The Bertz CT molecular complexity index is 718. The Kier molecular flexibility index (Phi) is 5.59.